The molecule has 0 radical (unpaired) electrons. The standard InChI is InChI=1S/C22H32O3/c1-13-7-9-21(3)15(11-13)5-6-16-17(21)8-10-22(4)18(16)12-19(20(22)24)25-14(2)23/h5,13,16-19H,6-12H2,1-4H3/t13-,16?,17?,18?,19+,21-,22-/m0/s1. The lowest BCUT2D eigenvalue weighted by atomic mass is 9.47. The van der Waals surface area contributed by atoms with Crippen molar-refractivity contribution in [3.8, 4) is 0 Å². The van der Waals surface area contributed by atoms with Gasteiger partial charge in [-0.25, -0.2) is 0 Å². The molecule has 0 heterocycles. The van der Waals surface area contributed by atoms with Crippen LogP contribution in [0.25, 0.3) is 0 Å². The molecule has 0 aliphatic heterocycles. The van der Waals surface area contributed by atoms with E-state index in [9.17, 15) is 9.59 Å². The second-order valence-corrected chi connectivity index (χ2v) is 9.76. The van der Waals surface area contributed by atoms with Crippen molar-refractivity contribution < 1.29 is 14.3 Å². The van der Waals surface area contributed by atoms with E-state index in [1.54, 1.807) is 5.57 Å². The Kier molecular flexibility index (Phi) is 3.94. The minimum atomic E-state index is -0.504. The summed E-state index contributed by atoms with van der Waals surface area (Å²) in [6, 6.07) is 0. The Morgan fingerprint density at radius 2 is 1.88 bits per heavy atom. The molecular formula is C22H32O3. The lowest BCUT2D eigenvalue weighted by molar-refractivity contribution is -0.153. The van der Waals surface area contributed by atoms with Gasteiger partial charge in [0.05, 0.1) is 0 Å². The number of ketones is 1. The van der Waals surface area contributed by atoms with Gasteiger partial charge in [-0.3, -0.25) is 9.59 Å². The molecule has 0 aromatic heterocycles. The van der Waals surface area contributed by atoms with Crippen LogP contribution in [-0.4, -0.2) is 17.9 Å². The van der Waals surface area contributed by atoms with E-state index in [2.05, 4.69) is 26.8 Å². The van der Waals surface area contributed by atoms with Crippen LogP contribution in [0.15, 0.2) is 11.6 Å². The molecule has 3 saturated carbocycles. The zero-order valence-corrected chi connectivity index (χ0v) is 16.1. The highest BCUT2D eigenvalue weighted by Gasteiger charge is 2.61. The average molecular weight is 344 g/mol. The molecule has 4 aliphatic carbocycles. The Hall–Kier alpha value is -1.12. The van der Waals surface area contributed by atoms with E-state index in [-0.39, 0.29) is 17.2 Å². The summed E-state index contributed by atoms with van der Waals surface area (Å²) in [6.45, 7) is 8.43. The summed E-state index contributed by atoms with van der Waals surface area (Å²) < 4.78 is 5.40. The molecule has 0 N–H and O–H groups in total. The number of Topliss-reactive ketones (excluding diaryl/α,β-unsaturated/α-hetero) is 1. The quantitative estimate of drug-likeness (QED) is 0.512. The maximum Gasteiger partial charge on any atom is 0.303 e. The summed E-state index contributed by atoms with van der Waals surface area (Å²) in [5, 5.41) is 0. The van der Waals surface area contributed by atoms with Crippen LogP contribution in [0.2, 0.25) is 0 Å². The lowest BCUT2D eigenvalue weighted by Gasteiger charge is -2.56. The van der Waals surface area contributed by atoms with E-state index < -0.39 is 6.10 Å². The van der Waals surface area contributed by atoms with E-state index in [1.165, 1.54) is 26.2 Å². The fourth-order valence-electron chi connectivity index (χ4n) is 6.91. The zero-order valence-electron chi connectivity index (χ0n) is 16.1. The van der Waals surface area contributed by atoms with E-state index in [4.69, 9.17) is 4.74 Å². The zero-order chi connectivity index (χ0) is 18.0. The highest BCUT2D eigenvalue weighted by molar-refractivity contribution is 5.92. The van der Waals surface area contributed by atoms with Gasteiger partial charge in [-0.1, -0.05) is 32.4 Å². The third-order valence-corrected chi connectivity index (χ3v) is 8.37. The van der Waals surface area contributed by atoms with E-state index >= 15 is 0 Å². The Morgan fingerprint density at radius 3 is 2.60 bits per heavy atom. The Bertz CT molecular complexity index is 635. The van der Waals surface area contributed by atoms with E-state index in [0.717, 1.165) is 31.6 Å². The molecule has 0 saturated heterocycles. The molecule has 4 aliphatic rings. The number of fused-ring (bicyclic) bond motifs is 5. The second kappa shape index (κ2) is 5.69. The molecule has 0 bridgehead atoms. The predicted octanol–water partition coefficient (Wildman–Crippen LogP) is 4.70. The third kappa shape index (κ3) is 2.44. The van der Waals surface area contributed by atoms with Crippen LogP contribution in [0.5, 0.6) is 0 Å². The number of carbonyl (C=O) groups is 2. The predicted molar refractivity (Wildman–Crippen MR) is 96.8 cm³/mol. The third-order valence-electron chi connectivity index (χ3n) is 8.37. The van der Waals surface area contributed by atoms with Crippen molar-refractivity contribution in [1.29, 1.82) is 0 Å². The van der Waals surface area contributed by atoms with Crippen molar-refractivity contribution in [2.75, 3.05) is 0 Å². The van der Waals surface area contributed by atoms with Gasteiger partial charge in [-0.2, -0.15) is 0 Å². The normalized spacial score (nSPS) is 48.9. The fourth-order valence-corrected chi connectivity index (χ4v) is 6.91. The highest BCUT2D eigenvalue weighted by atomic mass is 16.5. The van der Waals surface area contributed by atoms with Crippen molar-refractivity contribution in [2.24, 2.45) is 34.5 Å². The molecule has 3 fully saturated rings. The summed E-state index contributed by atoms with van der Waals surface area (Å²) in [5.74, 6) is 2.31. The molecule has 25 heavy (non-hydrogen) atoms. The Labute approximate surface area is 151 Å². The molecule has 3 nitrogen and oxygen atoms in total. The van der Waals surface area contributed by atoms with Crippen molar-refractivity contribution >= 4 is 11.8 Å². The molecular weight excluding hydrogens is 312 g/mol. The minimum Gasteiger partial charge on any atom is -0.455 e. The summed E-state index contributed by atoms with van der Waals surface area (Å²) in [6.07, 6.45) is 9.87. The van der Waals surface area contributed by atoms with E-state index in [1.807, 2.05) is 0 Å². The largest absolute Gasteiger partial charge is 0.455 e. The first-order chi connectivity index (χ1) is 11.8. The van der Waals surface area contributed by atoms with Crippen LogP contribution in [0.1, 0.15) is 72.6 Å². The summed E-state index contributed by atoms with van der Waals surface area (Å²) >= 11 is 0. The second-order valence-electron chi connectivity index (χ2n) is 9.76. The summed E-state index contributed by atoms with van der Waals surface area (Å²) in [4.78, 5) is 24.4. The highest BCUT2D eigenvalue weighted by Crippen LogP contribution is 2.64. The molecule has 0 aromatic carbocycles. The topological polar surface area (TPSA) is 43.4 Å². The molecule has 3 unspecified atom stereocenters. The number of ether oxygens (including phenoxy) is 1. The smallest absolute Gasteiger partial charge is 0.303 e. The molecule has 0 spiro atoms. The number of esters is 1. The first-order valence-corrected chi connectivity index (χ1v) is 10.2. The van der Waals surface area contributed by atoms with Gasteiger partial charge >= 0.3 is 5.97 Å². The maximum atomic E-state index is 13.0. The SMILES string of the molecule is CC(=O)O[C@@H]1CC2C3CC=C4C[C@@H](C)CC[C@]4(C)C3CC[C@]2(C)C1=O. The van der Waals surface area contributed by atoms with Gasteiger partial charge in [-0.15, -0.1) is 0 Å². The summed E-state index contributed by atoms with van der Waals surface area (Å²) in [5.41, 5.74) is 1.74. The summed E-state index contributed by atoms with van der Waals surface area (Å²) in [7, 11) is 0. The van der Waals surface area contributed by atoms with Gasteiger partial charge in [0.1, 0.15) is 0 Å². The van der Waals surface area contributed by atoms with Crippen LogP contribution < -0.4 is 0 Å². The number of allylic oxidation sites excluding steroid dienone is 2. The molecule has 138 valence electrons. The number of rotatable bonds is 1. The van der Waals surface area contributed by atoms with Crippen molar-refractivity contribution in [3.05, 3.63) is 11.6 Å². The number of carbonyl (C=O) groups excluding carboxylic acids is 2. The van der Waals surface area contributed by atoms with Gasteiger partial charge in [-0.05, 0) is 74.0 Å². The fraction of sp³-hybridized carbons (Fsp3) is 0.818. The number of hydrogen-bond acceptors (Lipinski definition) is 3. The molecule has 4 rings (SSSR count). The van der Waals surface area contributed by atoms with Gasteiger partial charge in [0.15, 0.2) is 11.9 Å². The lowest BCUT2D eigenvalue weighted by Crippen LogP contribution is -2.50. The number of hydrogen-bond donors (Lipinski definition) is 0. The molecule has 7 atom stereocenters. The van der Waals surface area contributed by atoms with Crippen molar-refractivity contribution in [2.45, 2.75) is 78.7 Å². The van der Waals surface area contributed by atoms with Crippen LogP contribution >= 0.6 is 0 Å². The minimum absolute atomic E-state index is 0.184. The van der Waals surface area contributed by atoms with Crippen molar-refractivity contribution in [3.63, 3.8) is 0 Å². The van der Waals surface area contributed by atoms with Gasteiger partial charge < -0.3 is 4.74 Å². The molecule has 3 heteroatoms. The van der Waals surface area contributed by atoms with Crippen LogP contribution in [0.3, 0.4) is 0 Å². The van der Waals surface area contributed by atoms with Crippen LogP contribution in [-0.2, 0) is 14.3 Å². The van der Waals surface area contributed by atoms with Crippen LogP contribution in [0.4, 0.5) is 0 Å². The monoisotopic (exact) mass is 344 g/mol. The van der Waals surface area contributed by atoms with Crippen LogP contribution in [0, 0.1) is 34.5 Å². The average Bonchev–Trinajstić information content (AvgIpc) is 2.79. The van der Waals surface area contributed by atoms with E-state index in [0.29, 0.717) is 23.2 Å². The van der Waals surface area contributed by atoms with Gasteiger partial charge in [0.25, 0.3) is 0 Å². The Morgan fingerprint density at radius 1 is 1.16 bits per heavy atom. The van der Waals surface area contributed by atoms with Crippen molar-refractivity contribution in [1.82, 2.24) is 0 Å². The first-order valence-electron chi connectivity index (χ1n) is 10.2. The van der Waals surface area contributed by atoms with Gasteiger partial charge in [0, 0.05) is 12.3 Å². The molecule has 0 amide bonds. The molecule has 0 aromatic rings. The maximum absolute atomic E-state index is 13.0. The Balaban J connectivity index is 1.64. The van der Waals surface area contributed by atoms with Gasteiger partial charge in [0.2, 0.25) is 0 Å². The first kappa shape index (κ1) is 17.3.